The van der Waals surface area contributed by atoms with Gasteiger partial charge in [0.2, 0.25) is 5.91 Å². The maximum atomic E-state index is 13.6. The van der Waals surface area contributed by atoms with Gasteiger partial charge in [-0.2, -0.15) is 0 Å². The lowest BCUT2D eigenvalue weighted by Crippen LogP contribution is -2.30. The number of hydrogen-bond acceptors (Lipinski definition) is 6. The SMILES string of the molecule is O=C(CSc1cccc(NC(=O)/C(=C/c2c[nH]c3ccccc23)NC(=O)c2ccccc2)c1)Nc1nc(-c2ccc(Cl)c(Cl)c2)cs1. The molecule has 0 saturated heterocycles. The zero-order valence-electron chi connectivity index (χ0n) is 24.4. The number of para-hydroxylation sites is 1. The first-order valence-electron chi connectivity index (χ1n) is 14.2. The van der Waals surface area contributed by atoms with Crippen LogP contribution in [0.4, 0.5) is 10.8 Å². The van der Waals surface area contributed by atoms with Crippen LogP contribution in [0.15, 0.2) is 119 Å². The van der Waals surface area contributed by atoms with E-state index in [1.54, 1.807) is 66.9 Å². The van der Waals surface area contributed by atoms with Crippen molar-refractivity contribution in [2.75, 3.05) is 16.4 Å². The molecule has 0 aliphatic carbocycles. The highest BCUT2D eigenvalue weighted by Gasteiger charge is 2.17. The summed E-state index contributed by atoms with van der Waals surface area (Å²) in [5.41, 5.74) is 4.13. The normalized spacial score (nSPS) is 11.3. The van der Waals surface area contributed by atoms with Crippen LogP contribution in [0.25, 0.3) is 28.2 Å². The summed E-state index contributed by atoms with van der Waals surface area (Å²) in [4.78, 5) is 47.8. The number of carbonyl (C=O) groups is 3. The number of thiazole rings is 1. The Labute approximate surface area is 288 Å². The fourth-order valence-electron chi connectivity index (χ4n) is 4.60. The molecule has 12 heteroatoms. The van der Waals surface area contributed by atoms with E-state index in [0.29, 0.717) is 32.1 Å². The summed E-state index contributed by atoms with van der Waals surface area (Å²) in [6.45, 7) is 0. The molecule has 4 N–H and O–H groups in total. The van der Waals surface area contributed by atoms with Crippen LogP contribution in [-0.2, 0) is 9.59 Å². The number of benzene rings is 4. The number of thioether (sulfide) groups is 1. The number of halogens is 2. The number of aromatic amines is 1. The fourth-order valence-corrected chi connectivity index (χ4v) is 6.39. The second-order valence-corrected chi connectivity index (χ2v) is 12.9. The van der Waals surface area contributed by atoms with E-state index in [-0.39, 0.29) is 17.4 Å². The maximum Gasteiger partial charge on any atom is 0.272 e. The summed E-state index contributed by atoms with van der Waals surface area (Å²) < 4.78 is 0. The number of nitrogens with zero attached hydrogens (tertiary/aromatic N) is 1. The average Bonchev–Trinajstić information content (AvgIpc) is 3.72. The highest BCUT2D eigenvalue weighted by atomic mass is 35.5. The number of anilines is 2. The number of aromatic nitrogens is 2. The van der Waals surface area contributed by atoms with Crippen molar-refractivity contribution < 1.29 is 14.4 Å². The standard InChI is InChI=1S/C35H25Cl2N5O3S2/c36-27-14-13-22(15-28(27)37)31-19-47-35(41-31)42-32(43)20-46-25-10-6-9-24(17-25)39-34(45)30(40-33(44)21-7-2-1-3-8-21)16-23-18-38-29-12-5-4-11-26(23)29/h1-19,38H,20H2,(H,39,45)(H,40,44)(H,41,42,43)/b30-16-. The molecule has 2 heterocycles. The molecular formula is C35H25Cl2N5O3S2. The Morgan fingerprint density at radius 2 is 1.68 bits per heavy atom. The summed E-state index contributed by atoms with van der Waals surface area (Å²) in [5, 5.41) is 12.6. The number of hydrogen-bond donors (Lipinski definition) is 4. The van der Waals surface area contributed by atoms with E-state index in [9.17, 15) is 14.4 Å². The van der Waals surface area contributed by atoms with Crippen LogP contribution in [0, 0.1) is 0 Å². The quantitative estimate of drug-likeness (QED) is 0.0844. The zero-order chi connectivity index (χ0) is 32.8. The second-order valence-electron chi connectivity index (χ2n) is 10.2. The summed E-state index contributed by atoms with van der Waals surface area (Å²) in [5.74, 6) is -1.02. The monoisotopic (exact) mass is 697 g/mol. The van der Waals surface area contributed by atoms with Gasteiger partial charge < -0.3 is 20.9 Å². The number of amides is 3. The van der Waals surface area contributed by atoms with Crippen LogP contribution < -0.4 is 16.0 Å². The van der Waals surface area contributed by atoms with Crippen molar-refractivity contribution in [1.82, 2.24) is 15.3 Å². The minimum absolute atomic E-state index is 0.0738. The van der Waals surface area contributed by atoms with Gasteiger partial charge in [0.25, 0.3) is 11.8 Å². The smallest absolute Gasteiger partial charge is 0.272 e. The van der Waals surface area contributed by atoms with Gasteiger partial charge in [-0.25, -0.2) is 4.98 Å². The maximum absolute atomic E-state index is 13.6. The van der Waals surface area contributed by atoms with Crippen molar-refractivity contribution >= 4 is 91.8 Å². The first-order chi connectivity index (χ1) is 22.8. The third-order valence-corrected chi connectivity index (χ3v) is 9.37. The molecule has 6 aromatic rings. The first kappa shape index (κ1) is 32.1. The molecule has 0 fully saturated rings. The van der Waals surface area contributed by atoms with Gasteiger partial charge in [-0.1, -0.05) is 71.7 Å². The Morgan fingerprint density at radius 1 is 0.872 bits per heavy atom. The van der Waals surface area contributed by atoms with Gasteiger partial charge in [0.15, 0.2) is 5.13 Å². The van der Waals surface area contributed by atoms with E-state index in [1.165, 1.54) is 23.1 Å². The predicted molar refractivity (Wildman–Crippen MR) is 192 cm³/mol. The third-order valence-electron chi connectivity index (χ3n) is 6.88. The van der Waals surface area contributed by atoms with E-state index < -0.39 is 11.8 Å². The molecule has 3 amide bonds. The Balaban J connectivity index is 1.12. The lowest BCUT2D eigenvalue weighted by molar-refractivity contribution is -0.114. The first-order valence-corrected chi connectivity index (χ1v) is 16.8. The number of nitrogens with one attached hydrogen (secondary N) is 4. The van der Waals surface area contributed by atoms with Crippen LogP contribution in [0.5, 0.6) is 0 Å². The molecule has 0 atom stereocenters. The lowest BCUT2D eigenvalue weighted by atomic mass is 10.1. The van der Waals surface area contributed by atoms with Crippen molar-refractivity contribution in [1.29, 1.82) is 0 Å². The molecule has 0 aliphatic rings. The van der Waals surface area contributed by atoms with E-state index in [4.69, 9.17) is 23.2 Å². The zero-order valence-corrected chi connectivity index (χ0v) is 27.6. The third kappa shape index (κ3) is 8.11. The molecule has 234 valence electrons. The Bertz CT molecular complexity index is 2130. The summed E-state index contributed by atoms with van der Waals surface area (Å²) >= 11 is 14.8. The molecule has 2 aromatic heterocycles. The van der Waals surface area contributed by atoms with Crippen LogP contribution in [-0.4, -0.2) is 33.4 Å². The largest absolute Gasteiger partial charge is 0.361 e. The van der Waals surface area contributed by atoms with E-state index in [1.807, 2.05) is 47.8 Å². The van der Waals surface area contributed by atoms with Crippen molar-refractivity contribution in [2.45, 2.75) is 4.90 Å². The molecule has 6 rings (SSSR count). The van der Waals surface area contributed by atoms with Gasteiger partial charge in [-0.3, -0.25) is 14.4 Å². The molecule has 0 spiro atoms. The Hall–Kier alpha value is -4.87. The van der Waals surface area contributed by atoms with E-state index in [2.05, 4.69) is 25.9 Å². The summed E-state index contributed by atoms with van der Waals surface area (Å²) in [6.07, 6.45) is 3.43. The highest BCUT2D eigenvalue weighted by Crippen LogP contribution is 2.31. The van der Waals surface area contributed by atoms with Gasteiger partial charge in [-0.05, 0) is 54.6 Å². The van der Waals surface area contributed by atoms with Gasteiger partial charge in [-0.15, -0.1) is 23.1 Å². The van der Waals surface area contributed by atoms with Crippen molar-refractivity contribution in [3.05, 3.63) is 136 Å². The average molecular weight is 699 g/mol. The molecule has 8 nitrogen and oxygen atoms in total. The second kappa shape index (κ2) is 14.7. The summed E-state index contributed by atoms with van der Waals surface area (Å²) in [6, 6.07) is 28.8. The topological polar surface area (TPSA) is 116 Å². The van der Waals surface area contributed by atoms with E-state index >= 15 is 0 Å². The van der Waals surface area contributed by atoms with Gasteiger partial charge in [0, 0.05) is 49.8 Å². The Morgan fingerprint density at radius 3 is 2.51 bits per heavy atom. The molecule has 0 aliphatic heterocycles. The summed E-state index contributed by atoms with van der Waals surface area (Å²) in [7, 11) is 0. The fraction of sp³-hybridized carbons (Fsp3) is 0.0286. The molecular weight excluding hydrogens is 673 g/mol. The number of fused-ring (bicyclic) bond motifs is 1. The molecule has 4 aromatic carbocycles. The molecule has 0 radical (unpaired) electrons. The predicted octanol–water partition coefficient (Wildman–Crippen LogP) is 8.74. The number of carbonyl (C=O) groups excluding carboxylic acids is 3. The minimum atomic E-state index is -0.499. The minimum Gasteiger partial charge on any atom is -0.361 e. The van der Waals surface area contributed by atoms with Crippen LogP contribution in [0.1, 0.15) is 15.9 Å². The lowest BCUT2D eigenvalue weighted by Gasteiger charge is -2.12. The highest BCUT2D eigenvalue weighted by molar-refractivity contribution is 8.00. The van der Waals surface area contributed by atoms with Gasteiger partial charge in [0.05, 0.1) is 21.5 Å². The van der Waals surface area contributed by atoms with Crippen molar-refractivity contribution in [3.8, 4) is 11.3 Å². The molecule has 0 bridgehead atoms. The number of H-pyrrole nitrogens is 1. The molecule has 47 heavy (non-hydrogen) atoms. The van der Waals surface area contributed by atoms with Gasteiger partial charge >= 0.3 is 0 Å². The molecule has 0 unspecified atom stereocenters. The van der Waals surface area contributed by atoms with Crippen LogP contribution in [0.3, 0.4) is 0 Å². The van der Waals surface area contributed by atoms with Crippen LogP contribution >= 0.6 is 46.3 Å². The van der Waals surface area contributed by atoms with Crippen molar-refractivity contribution in [2.24, 2.45) is 0 Å². The van der Waals surface area contributed by atoms with Gasteiger partial charge in [0.1, 0.15) is 5.70 Å². The number of rotatable bonds is 10. The Kier molecular flexibility index (Phi) is 10.0. The molecule has 0 saturated carbocycles. The van der Waals surface area contributed by atoms with E-state index in [0.717, 1.165) is 26.9 Å². The van der Waals surface area contributed by atoms with Crippen LogP contribution in [0.2, 0.25) is 10.0 Å². The van der Waals surface area contributed by atoms with Crippen molar-refractivity contribution in [3.63, 3.8) is 0 Å².